The van der Waals surface area contributed by atoms with Gasteiger partial charge < -0.3 is 0 Å². The summed E-state index contributed by atoms with van der Waals surface area (Å²) < 4.78 is 11.1. The van der Waals surface area contributed by atoms with E-state index in [1.165, 1.54) is 157 Å². The summed E-state index contributed by atoms with van der Waals surface area (Å²) in [7, 11) is 10.6. The van der Waals surface area contributed by atoms with Crippen LogP contribution in [0.1, 0.15) is 100 Å². The molecule has 428 valence electrons. The van der Waals surface area contributed by atoms with Crippen LogP contribution in [0.4, 0.5) is 0 Å². The monoisotopic (exact) mass is 1100 g/mol. The Bertz CT molecular complexity index is 3880. The van der Waals surface area contributed by atoms with Crippen LogP contribution in [-0.2, 0) is 35.2 Å². The van der Waals surface area contributed by atoms with E-state index in [0.29, 0.717) is 0 Å². The third kappa shape index (κ3) is 16.3. The molecule has 83 heavy (non-hydrogen) atoms. The van der Waals surface area contributed by atoms with Crippen LogP contribution in [0.5, 0.6) is 0 Å². The lowest BCUT2D eigenvalue weighted by atomic mass is 9.99. The van der Waals surface area contributed by atoms with Gasteiger partial charge in [-0.3, -0.25) is 0 Å². The molecule has 0 aliphatic rings. The van der Waals surface area contributed by atoms with E-state index in [0.717, 1.165) is 0 Å². The second kappa shape index (κ2) is 28.2. The molecule has 0 fully saturated rings. The van der Waals surface area contributed by atoms with E-state index in [-0.39, 0.29) is 0 Å². The second-order valence-corrected chi connectivity index (χ2v) is 23.7. The highest BCUT2D eigenvalue weighted by atomic mass is 15.0. The van der Waals surface area contributed by atoms with Gasteiger partial charge in [-0.05, 0) is 198 Å². The number of aryl methyl sites for hydroxylation is 20. The second-order valence-electron chi connectivity index (χ2n) is 23.7. The fourth-order valence-corrected chi connectivity index (χ4v) is 11.1. The maximum absolute atomic E-state index is 2.27. The largest absolute Gasteiger partial charge is 0.215 e. The Morgan fingerprint density at radius 1 is 0.241 bits per heavy atom. The molecule has 10 rings (SSSR count). The standard InChI is InChI=1S/3C16H20N.2C15H18N/c1-11-6-8-15(13(3)10-11)16-9-7-12(2)14(4)17(16)5;1-11-6-7-15(13(3)8-11)16-9-12(2)14(4)10-17(16)5;1-11-6-7-15(13(3)8-11)16-10-12(2)9-14(4)17(16)5;1-11-5-6-14(13(3)9-11)15-10-12(2)7-8-16(15)4;1-11-7-8-14(13(3)10-11)15-12(2)6-5-9-16(15)4/h3*6-10H,1-5H3;2*5-10H,1-4H3/q5*+1. The summed E-state index contributed by atoms with van der Waals surface area (Å²) in [6, 6.07) is 52.9. The molecule has 0 bridgehead atoms. The molecule has 5 nitrogen and oxygen atoms in total. The molecular formula is C78H96N5+5. The molecule has 10 aromatic rings. The third-order valence-corrected chi connectivity index (χ3v) is 16.3. The van der Waals surface area contributed by atoms with E-state index >= 15 is 0 Å². The fraction of sp³-hybridized carbons (Fsp3) is 0.295. The van der Waals surface area contributed by atoms with E-state index in [9.17, 15) is 0 Å². The average molecular weight is 1100 g/mol. The zero-order valence-electron chi connectivity index (χ0n) is 54.8. The Kier molecular flexibility index (Phi) is 21.8. The van der Waals surface area contributed by atoms with Crippen molar-refractivity contribution in [3.63, 3.8) is 0 Å². The van der Waals surface area contributed by atoms with Gasteiger partial charge in [0.25, 0.3) is 0 Å². The Balaban J connectivity index is 0.000000167. The van der Waals surface area contributed by atoms with E-state index < -0.39 is 0 Å². The van der Waals surface area contributed by atoms with Gasteiger partial charge in [0, 0.05) is 101 Å². The van der Waals surface area contributed by atoms with Crippen molar-refractivity contribution < 1.29 is 22.8 Å². The van der Waals surface area contributed by atoms with E-state index in [2.05, 4.69) is 347 Å². The molecular weight excluding hydrogens is 1010 g/mol. The van der Waals surface area contributed by atoms with Crippen LogP contribution in [-0.4, -0.2) is 0 Å². The molecule has 0 amide bonds. The van der Waals surface area contributed by atoms with Crippen molar-refractivity contribution in [2.24, 2.45) is 35.2 Å². The first kappa shape index (κ1) is 64.0. The van der Waals surface area contributed by atoms with Gasteiger partial charge >= 0.3 is 0 Å². The minimum absolute atomic E-state index is 1.28. The minimum Gasteiger partial charge on any atom is -0.201 e. The van der Waals surface area contributed by atoms with Gasteiger partial charge in [0.1, 0.15) is 35.2 Å². The van der Waals surface area contributed by atoms with Gasteiger partial charge in [0.15, 0.2) is 30.0 Å². The zero-order valence-corrected chi connectivity index (χ0v) is 54.8. The van der Waals surface area contributed by atoms with Crippen LogP contribution in [0, 0.1) is 125 Å². The SMILES string of the molecule is Cc1ccc(-c2c(C)ccc[n+]2C)c(C)c1.Cc1ccc(-c2cc(C)c(C)c[n+]2C)c(C)c1.Cc1ccc(-c2cc(C)cc(C)[n+]2C)c(C)c1.Cc1ccc(-c2cc(C)cc[n+]2C)c(C)c1.Cc1ccc(-c2ccc(C)c(C)[n+]2C)c(C)c1. The van der Waals surface area contributed by atoms with E-state index in [1.54, 1.807) is 0 Å². The summed E-state index contributed by atoms with van der Waals surface area (Å²) in [6.07, 6.45) is 6.41. The highest BCUT2D eigenvalue weighted by molar-refractivity contribution is 5.66. The molecule has 0 saturated heterocycles. The molecule has 0 aliphatic carbocycles. The maximum Gasteiger partial charge on any atom is 0.215 e. The van der Waals surface area contributed by atoms with Crippen molar-refractivity contribution in [1.29, 1.82) is 0 Å². The normalized spacial score (nSPS) is 10.6. The van der Waals surface area contributed by atoms with Gasteiger partial charge in [0.05, 0.1) is 0 Å². The summed E-state index contributed by atoms with van der Waals surface area (Å²) in [5.74, 6) is 0. The molecule has 5 aromatic carbocycles. The van der Waals surface area contributed by atoms with Crippen molar-refractivity contribution >= 4 is 0 Å². The van der Waals surface area contributed by atoms with Crippen molar-refractivity contribution in [2.45, 2.75) is 125 Å². The van der Waals surface area contributed by atoms with E-state index in [4.69, 9.17) is 0 Å². The van der Waals surface area contributed by atoms with Gasteiger partial charge in [-0.1, -0.05) is 88.5 Å². The van der Waals surface area contributed by atoms with Crippen molar-refractivity contribution in [1.82, 2.24) is 0 Å². The number of nitrogens with zero attached hydrogens (tertiary/aromatic N) is 5. The molecule has 0 N–H and O–H groups in total. The molecule has 0 saturated carbocycles. The maximum atomic E-state index is 2.27. The highest BCUT2D eigenvalue weighted by Gasteiger charge is 2.19. The lowest BCUT2D eigenvalue weighted by Gasteiger charge is -2.08. The first-order valence-corrected chi connectivity index (χ1v) is 29.4. The molecule has 0 unspecified atom stereocenters. The molecule has 5 aromatic heterocycles. The topological polar surface area (TPSA) is 19.4 Å². The summed E-state index contributed by atoms with van der Waals surface area (Å²) in [6.45, 7) is 38.8. The van der Waals surface area contributed by atoms with Gasteiger partial charge in [0.2, 0.25) is 28.5 Å². The van der Waals surface area contributed by atoms with E-state index in [1.807, 2.05) is 0 Å². The smallest absolute Gasteiger partial charge is 0.201 e. The summed E-state index contributed by atoms with van der Waals surface area (Å²) in [5, 5.41) is 0. The summed E-state index contributed by atoms with van der Waals surface area (Å²) >= 11 is 0. The van der Waals surface area contributed by atoms with Crippen LogP contribution in [0.3, 0.4) is 0 Å². The summed E-state index contributed by atoms with van der Waals surface area (Å²) in [4.78, 5) is 0. The van der Waals surface area contributed by atoms with Gasteiger partial charge in [-0.25, -0.2) is 13.7 Å². The molecule has 0 aliphatic heterocycles. The van der Waals surface area contributed by atoms with Gasteiger partial charge in [-0.15, -0.1) is 0 Å². The predicted molar refractivity (Wildman–Crippen MR) is 351 cm³/mol. The Morgan fingerprint density at radius 2 is 0.651 bits per heavy atom. The molecule has 5 heteroatoms. The third-order valence-electron chi connectivity index (χ3n) is 16.3. The lowest BCUT2D eigenvalue weighted by molar-refractivity contribution is -0.667. The van der Waals surface area contributed by atoms with Crippen LogP contribution < -0.4 is 22.8 Å². The molecule has 0 spiro atoms. The Hall–Kier alpha value is -8.15. The van der Waals surface area contributed by atoms with Crippen LogP contribution in [0.15, 0.2) is 164 Å². The number of hydrogen-bond donors (Lipinski definition) is 0. The van der Waals surface area contributed by atoms with Crippen LogP contribution in [0.2, 0.25) is 0 Å². The number of benzene rings is 5. The quantitative estimate of drug-likeness (QED) is 0.153. The number of rotatable bonds is 5. The van der Waals surface area contributed by atoms with Gasteiger partial charge in [-0.2, -0.15) is 9.13 Å². The van der Waals surface area contributed by atoms with Crippen molar-refractivity contribution in [2.75, 3.05) is 0 Å². The number of aromatic nitrogens is 5. The highest BCUT2D eigenvalue weighted by Crippen LogP contribution is 2.27. The molecule has 5 heterocycles. The predicted octanol–water partition coefficient (Wildman–Crippen LogP) is 16.4. The Labute approximate surface area is 501 Å². The number of pyridine rings is 5. The minimum atomic E-state index is 1.28. The molecule has 0 radical (unpaired) electrons. The lowest BCUT2D eigenvalue weighted by Crippen LogP contribution is -2.35. The van der Waals surface area contributed by atoms with Crippen molar-refractivity contribution in [3.8, 4) is 56.3 Å². The van der Waals surface area contributed by atoms with Crippen LogP contribution >= 0.6 is 0 Å². The fourth-order valence-electron chi connectivity index (χ4n) is 11.1. The first-order valence-electron chi connectivity index (χ1n) is 29.4. The summed E-state index contributed by atoms with van der Waals surface area (Å²) in [5.41, 5.74) is 36.9. The molecule has 0 atom stereocenters. The van der Waals surface area contributed by atoms with Crippen molar-refractivity contribution in [3.05, 3.63) is 265 Å². The zero-order chi connectivity index (χ0) is 61.1. The Morgan fingerprint density at radius 3 is 1.11 bits per heavy atom. The van der Waals surface area contributed by atoms with Crippen LogP contribution in [0.25, 0.3) is 56.3 Å². The first-order chi connectivity index (χ1) is 39.1. The number of hydrogen-bond acceptors (Lipinski definition) is 0. The average Bonchev–Trinajstić information content (AvgIpc) is 3.60.